The van der Waals surface area contributed by atoms with Crippen molar-refractivity contribution in [1.82, 2.24) is 9.80 Å². The Bertz CT molecular complexity index is 887. The molecule has 0 saturated carbocycles. The van der Waals surface area contributed by atoms with E-state index in [0.29, 0.717) is 30.4 Å². The summed E-state index contributed by atoms with van der Waals surface area (Å²) in [5.41, 5.74) is 6.66. The van der Waals surface area contributed by atoms with Gasteiger partial charge in [0.25, 0.3) is 10.0 Å². The van der Waals surface area contributed by atoms with E-state index < -0.39 is 10.0 Å². The number of hydrogen-bond donors (Lipinski definition) is 1. The Labute approximate surface area is 172 Å². The summed E-state index contributed by atoms with van der Waals surface area (Å²) in [6.45, 7) is 4.06. The molecule has 3 atom stereocenters. The number of nitrogens with two attached hydrogens (primary N) is 1. The van der Waals surface area contributed by atoms with Crippen LogP contribution in [0.3, 0.4) is 0 Å². The maximum atomic E-state index is 13.2. The number of hydrogen-bond acceptors (Lipinski definition) is 5. The topological polar surface area (TPSA) is 96.1 Å². The number of amidine groups is 1. The largest absolute Gasteiger partial charge is 0.343 e. The van der Waals surface area contributed by atoms with E-state index in [1.807, 2.05) is 16.7 Å². The number of rotatable bonds is 2. The standard InChI is InChI=1S/C19H26N4O3S.ClH/c1-13(20)14-6-4-10-22(12-14)19(24)16-8-5-11-23(16)18-15-7-2-3-9-17(15)27(25,26)21-18;/h2-3,7,9,13-14,16H,4-6,8,10-12,20H2,1H3;1H. The van der Waals surface area contributed by atoms with Crippen LogP contribution in [0.25, 0.3) is 0 Å². The monoisotopic (exact) mass is 426 g/mol. The van der Waals surface area contributed by atoms with Crippen LogP contribution in [0.1, 0.15) is 38.2 Å². The molecular formula is C19H27ClN4O3S. The second kappa shape index (κ2) is 8.00. The number of sulfonamides is 1. The van der Waals surface area contributed by atoms with Gasteiger partial charge in [0.15, 0.2) is 5.84 Å². The van der Waals surface area contributed by atoms with Gasteiger partial charge in [-0.15, -0.1) is 16.8 Å². The summed E-state index contributed by atoms with van der Waals surface area (Å²) in [6, 6.07) is 6.56. The number of halogens is 1. The van der Waals surface area contributed by atoms with Crippen LogP contribution in [0.5, 0.6) is 0 Å². The molecule has 0 radical (unpaired) electrons. The summed E-state index contributed by atoms with van der Waals surface area (Å²) < 4.78 is 28.8. The zero-order chi connectivity index (χ0) is 19.2. The SMILES string of the molecule is CC(N)C1CCCN(C(=O)C2CCCN2C2=NS(=O)(=O)c3ccccc32)C1.Cl. The minimum Gasteiger partial charge on any atom is -0.343 e. The molecule has 1 aromatic carbocycles. The third-order valence-electron chi connectivity index (χ3n) is 5.94. The molecule has 3 heterocycles. The first-order chi connectivity index (χ1) is 12.9. The Kier molecular flexibility index (Phi) is 6.03. The lowest BCUT2D eigenvalue weighted by molar-refractivity contribution is -0.136. The zero-order valence-corrected chi connectivity index (χ0v) is 17.6. The number of carbonyl (C=O) groups is 1. The molecule has 154 valence electrons. The number of nitrogens with zero attached hydrogens (tertiary/aromatic N) is 3. The van der Waals surface area contributed by atoms with E-state index in [0.717, 1.165) is 32.2 Å². The van der Waals surface area contributed by atoms with E-state index in [1.54, 1.807) is 24.3 Å². The van der Waals surface area contributed by atoms with Crippen molar-refractivity contribution in [2.24, 2.45) is 16.0 Å². The van der Waals surface area contributed by atoms with Crippen molar-refractivity contribution in [3.05, 3.63) is 29.8 Å². The lowest BCUT2D eigenvalue weighted by Crippen LogP contribution is -2.52. The first-order valence-electron chi connectivity index (χ1n) is 9.64. The summed E-state index contributed by atoms with van der Waals surface area (Å²) in [5.74, 6) is 0.812. The van der Waals surface area contributed by atoms with Crippen LogP contribution < -0.4 is 5.73 Å². The summed E-state index contributed by atoms with van der Waals surface area (Å²) in [6.07, 6.45) is 3.58. The van der Waals surface area contributed by atoms with Crippen molar-refractivity contribution in [2.45, 2.75) is 49.6 Å². The van der Waals surface area contributed by atoms with Crippen molar-refractivity contribution in [2.75, 3.05) is 19.6 Å². The number of carbonyl (C=O) groups excluding carboxylic acids is 1. The van der Waals surface area contributed by atoms with E-state index >= 15 is 0 Å². The van der Waals surface area contributed by atoms with Crippen molar-refractivity contribution in [1.29, 1.82) is 0 Å². The van der Waals surface area contributed by atoms with Crippen molar-refractivity contribution in [3.63, 3.8) is 0 Å². The first kappa shape index (κ1) is 21.1. The van der Waals surface area contributed by atoms with Gasteiger partial charge in [0.05, 0.1) is 0 Å². The van der Waals surface area contributed by atoms with Crippen molar-refractivity contribution in [3.8, 4) is 0 Å². The third-order valence-corrected chi connectivity index (χ3v) is 7.26. The number of piperidine rings is 1. The molecule has 2 fully saturated rings. The molecule has 1 amide bonds. The average Bonchev–Trinajstić information content (AvgIpc) is 3.24. The Balaban J connectivity index is 0.00000225. The predicted molar refractivity (Wildman–Crippen MR) is 110 cm³/mol. The van der Waals surface area contributed by atoms with Gasteiger partial charge in [-0.05, 0) is 50.7 Å². The molecular weight excluding hydrogens is 400 g/mol. The van der Waals surface area contributed by atoms with E-state index in [4.69, 9.17) is 5.73 Å². The summed E-state index contributed by atoms with van der Waals surface area (Å²) in [7, 11) is -3.68. The van der Waals surface area contributed by atoms with Crippen molar-refractivity contribution < 1.29 is 13.2 Å². The Morgan fingerprint density at radius 3 is 2.68 bits per heavy atom. The Morgan fingerprint density at radius 2 is 1.93 bits per heavy atom. The van der Waals surface area contributed by atoms with E-state index in [2.05, 4.69) is 4.40 Å². The lowest BCUT2D eigenvalue weighted by atomic mass is 9.91. The molecule has 0 spiro atoms. The Morgan fingerprint density at radius 1 is 1.21 bits per heavy atom. The molecule has 7 nitrogen and oxygen atoms in total. The van der Waals surface area contributed by atoms with Crippen LogP contribution in [-0.4, -0.2) is 61.7 Å². The highest BCUT2D eigenvalue weighted by Crippen LogP contribution is 2.32. The zero-order valence-electron chi connectivity index (χ0n) is 16.0. The van der Waals surface area contributed by atoms with Crippen LogP contribution in [0.15, 0.2) is 33.6 Å². The fourth-order valence-corrected chi connectivity index (χ4v) is 5.64. The summed E-state index contributed by atoms with van der Waals surface area (Å²) >= 11 is 0. The molecule has 3 aliphatic heterocycles. The van der Waals surface area contributed by atoms with E-state index in [9.17, 15) is 13.2 Å². The van der Waals surface area contributed by atoms with Gasteiger partial charge in [-0.1, -0.05) is 12.1 Å². The van der Waals surface area contributed by atoms with Crippen molar-refractivity contribution >= 4 is 34.2 Å². The maximum Gasteiger partial charge on any atom is 0.285 e. The molecule has 2 N–H and O–H groups in total. The molecule has 9 heteroatoms. The fraction of sp³-hybridized carbons (Fsp3) is 0.579. The molecule has 1 aromatic rings. The van der Waals surface area contributed by atoms with Gasteiger partial charge in [-0.25, -0.2) is 0 Å². The highest BCUT2D eigenvalue weighted by atomic mass is 35.5. The number of benzene rings is 1. The van der Waals surface area contributed by atoms with Crippen LogP contribution in [-0.2, 0) is 14.8 Å². The van der Waals surface area contributed by atoms with Gasteiger partial charge in [-0.2, -0.15) is 8.42 Å². The number of amides is 1. The number of likely N-dealkylation sites (tertiary alicyclic amines) is 2. The second-order valence-corrected chi connectivity index (χ2v) is 9.36. The predicted octanol–water partition coefficient (Wildman–Crippen LogP) is 1.61. The molecule has 28 heavy (non-hydrogen) atoms. The average molecular weight is 427 g/mol. The minimum atomic E-state index is -3.68. The molecule has 2 saturated heterocycles. The molecule has 3 aliphatic rings. The highest BCUT2D eigenvalue weighted by molar-refractivity contribution is 7.90. The molecule has 4 rings (SSSR count). The van der Waals surface area contributed by atoms with Crippen LogP contribution >= 0.6 is 12.4 Å². The molecule has 0 bridgehead atoms. The van der Waals surface area contributed by atoms with Gasteiger partial charge >= 0.3 is 0 Å². The molecule has 3 unspecified atom stereocenters. The fourth-order valence-electron chi connectivity index (χ4n) is 4.42. The molecule has 0 aromatic heterocycles. The Hall–Kier alpha value is -1.64. The molecule has 0 aliphatic carbocycles. The second-order valence-electron chi connectivity index (χ2n) is 7.78. The number of fused-ring (bicyclic) bond motifs is 1. The van der Waals surface area contributed by atoms with Gasteiger partial charge in [0.2, 0.25) is 5.91 Å². The normalized spacial score (nSPS) is 27.0. The van der Waals surface area contributed by atoms with Gasteiger partial charge in [0.1, 0.15) is 10.9 Å². The van der Waals surface area contributed by atoms with E-state index in [-0.39, 0.29) is 35.3 Å². The van der Waals surface area contributed by atoms with Crippen LogP contribution in [0, 0.1) is 5.92 Å². The third kappa shape index (κ3) is 3.65. The summed E-state index contributed by atoms with van der Waals surface area (Å²) in [5, 5.41) is 0. The van der Waals surface area contributed by atoms with Gasteiger partial charge < -0.3 is 15.5 Å². The smallest absolute Gasteiger partial charge is 0.285 e. The van der Waals surface area contributed by atoms with Gasteiger partial charge in [-0.3, -0.25) is 4.79 Å². The maximum absolute atomic E-state index is 13.2. The summed E-state index contributed by atoms with van der Waals surface area (Å²) in [4.78, 5) is 17.3. The highest BCUT2D eigenvalue weighted by Gasteiger charge is 2.41. The minimum absolute atomic E-state index is 0. The quantitative estimate of drug-likeness (QED) is 0.774. The van der Waals surface area contributed by atoms with Crippen LogP contribution in [0.2, 0.25) is 0 Å². The first-order valence-corrected chi connectivity index (χ1v) is 11.1. The lowest BCUT2D eigenvalue weighted by Gasteiger charge is -2.37. The van der Waals surface area contributed by atoms with E-state index in [1.165, 1.54) is 0 Å². The van der Waals surface area contributed by atoms with Crippen LogP contribution in [0.4, 0.5) is 0 Å². The van der Waals surface area contributed by atoms with Gasteiger partial charge in [0, 0.05) is 31.2 Å².